The standard InChI is InChI=1S/C9H21N3/c1-12(8-2-5-10)9-3-6-11-7-4-9/h9,11H,2-8,10H2,1H3. The highest BCUT2D eigenvalue weighted by Gasteiger charge is 2.16. The van der Waals surface area contributed by atoms with Crippen LogP contribution in [0.25, 0.3) is 0 Å². The van der Waals surface area contributed by atoms with Crippen LogP contribution >= 0.6 is 0 Å². The van der Waals surface area contributed by atoms with E-state index in [1.54, 1.807) is 0 Å². The molecule has 3 nitrogen and oxygen atoms in total. The van der Waals surface area contributed by atoms with Crippen molar-refractivity contribution in [3.63, 3.8) is 0 Å². The van der Waals surface area contributed by atoms with Gasteiger partial charge < -0.3 is 16.0 Å². The molecule has 1 heterocycles. The summed E-state index contributed by atoms with van der Waals surface area (Å²) < 4.78 is 0. The predicted molar refractivity (Wildman–Crippen MR) is 52.2 cm³/mol. The minimum absolute atomic E-state index is 0.790. The minimum atomic E-state index is 0.790. The molecule has 12 heavy (non-hydrogen) atoms. The molecule has 0 saturated carbocycles. The largest absolute Gasteiger partial charge is 0.330 e. The van der Waals surface area contributed by atoms with Crippen molar-refractivity contribution < 1.29 is 0 Å². The molecule has 0 unspecified atom stereocenters. The number of rotatable bonds is 4. The van der Waals surface area contributed by atoms with Crippen molar-refractivity contribution in [2.24, 2.45) is 5.73 Å². The normalized spacial score (nSPS) is 20.2. The summed E-state index contributed by atoms with van der Waals surface area (Å²) in [6.07, 6.45) is 3.71. The van der Waals surface area contributed by atoms with Gasteiger partial charge in [-0.3, -0.25) is 0 Å². The molecule has 0 aromatic carbocycles. The van der Waals surface area contributed by atoms with Crippen LogP contribution in [0.3, 0.4) is 0 Å². The summed E-state index contributed by atoms with van der Waals surface area (Å²) in [5.74, 6) is 0. The number of nitrogens with one attached hydrogen (secondary N) is 1. The van der Waals surface area contributed by atoms with Gasteiger partial charge in [0.25, 0.3) is 0 Å². The van der Waals surface area contributed by atoms with Crippen LogP contribution in [-0.2, 0) is 0 Å². The van der Waals surface area contributed by atoms with Gasteiger partial charge in [-0.25, -0.2) is 0 Å². The van der Waals surface area contributed by atoms with Crippen LogP contribution in [0.2, 0.25) is 0 Å². The van der Waals surface area contributed by atoms with Crippen LogP contribution in [-0.4, -0.2) is 44.2 Å². The molecule has 1 fully saturated rings. The van der Waals surface area contributed by atoms with Gasteiger partial charge in [-0.15, -0.1) is 0 Å². The lowest BCUT2D eigenvalue weighted by molar-refractivity contribution is 0.198. The molecular formula is C9H21N3. The Kier molecular flexibility index (Phi) is 4.58. The third kappa shape index (κ3) is 3.09. The molecule has 3 N–H and O–H groups in total. The summed E-state index contributed by atoms with van der Waals surface area (Å²) in [4.78, 5) is 2.45. The fourth-order valence-corrected chi connectivity index (χ4v) is 1.77. The third-order valence-corrected chi connectivity index (χ3v) is 2.65. The number of hydrogen-bond donors (Lipinski definition) is 2. The summed E-state index contributed by atoms with van der Waals surface area (Å²) in [5.41, 5.74) is 5.47. The van der Waals surface area contributed by atoms with Gasteiger partial charge in [0, 0.05) is 6.04 Å². The van der Waals surface area contributed by atoms with Crippen molar-refractivity contribution in [1.82, 2.24) is 10.2 Å². The first-order chi connectivity index (χ1) is 5.84. The van der Waals surface area contributed by atoms with Gasteiger partial charge in [-0.1, -0.05) is 0 Å². The molecule has 72 valence electrons. The molecule has 0 amide bonds. The molecule has 1 saturated heterocycles. The highest BCUT2D eigenvalue weighted by atomic mass is 15.1. The molecule has 0 aliphatic carbocycles. The topological polar surface area (TPSA) is 41.3 Å². The molecule has 1 aliphatic heterocycles. The fourth-order valence-electron chi connectivity index (χ4n) is 1.77. The van der Waals surface area contributed by atoms with E-state index >= 15 is 0 Å². The summed E-state index contributed by atoms with van der Waals surface area (Å²) in [7, 11) is 2.21. The van der Waals surface area contributed by atoms with Crippen molar-refractivity contribution in [3.05, 3.63) is 0 Å². The molecule has 0 radical (unpaired) electrons. The van der Waals surface area contributed by atoms with Crippen molar-refractivity contribution in [2.75, 3.05) is 33.2 Å². The summed E-state index contributed by atoms with van der Waals surface area (Å²) in [6.45, 7) is 4.33. The molecule has 0 aromatic heterocycles. The van der Waals surface area contributed by atoms with Crippen LogP contribution in [0.15, 0.2) is 0 Å². The van der Waals surface area contributed by atoms with Crippen molar-refractivity contribution in [3.8, 4) is 0 Å². The zero-order valence-electron chi connectivity index (χ0n) is 8.05. The SMILES string of the molecule is CN(CCCN)C1CCNCC1. The second kappa shape index (κ2) is 5.51. The number of nitrogens with zero attached hydrogens (tertiary/aromatic N) is 1. The molecule has 1 aliphatic rings. The van der Waals surface area contributed by atoms with Crippen LogP contribution < -0.4 is 11.1 Å². The monoisotopic (exact) mass is 171 g/mol. The van der Waals surface area contributed by atoms with E-state index in [1.165, 1.54) is 25.9 Å². The van der Waals surface area contributed by atoms with Gasteiger partial charge >= 0.3 is 0 Å². The zero-order chi connectivity index (χ0) is 8.81. The Bertz CT molecular complexity index is 110. The summed E-state index contributed by atoms with van der Waals surface area (Å²) in [6, 6.07) is 0.790. The summed E-state index contributed by atoms with van der Waals surface area (Å²) in [5, 5.41) is 3.37. The second-order valence-corrected chi connectivity index (χ2v) is 3.60. The Morgan fingerprint density at radius 3 is 2.67 bits per heavy atom. The Balaban J connectivity index is 2.15. The Morgan fingerprint density at radius 1 is 1.42 bits per heavy atom. The lowest BCUT2D eigenvalue weighted by Crippen LogP contribution is -2.41. The Morgan fingerprint density at radius 2 is 2.08 bits per heavy atom. The molecule has 0 bridgehead atoms. The Labute approximate surface area is 75.3 Å². The quantitative estimate of drug-likeness (QED) is 0.626. The number of piperidine rings is 1. The highest BCUT2D eigenvalue weighted by Crippen LogP contribution is 2.09. The average Bonchev–Trinajstić information content (AvgIpc) is 2.15. The predicted octanol–water partition coefficient (Wildman–Crippen LogP) is 0.0190. The van der Waals surface area contributed by atoms with E-state index in [2.05, 4.69) is 17.3 Å². The van der Waals surface area contributed by atoms with Gasteiger partial charge in [0.1, 0.15) is 0 Å². The average molecular weight is 171 g/mol. The lowest BCUT2D eigenvalue weighted by atomic mass is 10.1. The van der Waals surface area contributed by atoms with Gasteiger partial charge in [0.05, 0.1) is 0 Å². The van der Waals surface area contributed by atoms with Gasteiger partial charge in [0.2, 0.25) is 0 Å². The maximum absolute atomic E-state index is 5.47. The van der Waals surface area contributed by atoms with Gasteiger partial charge in [0.15, 0.2) is 0 Å². The van der Waals surface area contributed by atoms with Crippen LogP contribution in [0.1, 0.15) is 19.3 Å². The van der Waals surface area contributed by atoms with Crippen molar-refractivity contribution in [1.29, 1.82) is 0 Å². The molecule has 1 rings (SSSR count). The highest BCUT2D eigenvalue weighted by molar-refractivity contribution is 4.75. The van der Waals surface area contributed by atoms with E-state index in [0.29, 0.717) is 0 Å². The van der Waals surface area contributed by atoms with Crippen LogP contribution in [0.4, 0.5) is 0 Å². The van der Waals surface area contributed by atoms with Crippen LogP contribution in [0.5, 0.6) is 0 Å². The molecule has 0 aromatic rings. The van der Waals surface area contributed by atoms with Gasteiger partial charge in [-0.2, -0.15) is 0 Å². The summed E-state index contributed by atoms with van der Waals surface area (Å²) >= 11 is 0. The van der Waals surface area contributed by atoms with E-state index in [-0.39, 0.29) is 0 Å². The first-order valence-corrected chi connectivity index (χ1v) is 4.95. The third-order valence-electron chi connectivity index (χ3n) is 2.65. The van der Waals surface area contributed by atoms with E-state index < -0.39 is 0 Å². The number of hydrogen-bond acceptors (Lipinski definition) is 3. The smallest absolute Gasteiger partial charge is 0.0116 e. The van der Waals surface area contributed by atoms with Crippen LogP contribution in [0, 0.1) is 0 Å². The van der Waals surface area contributed by atoms with E-state index in [4.69, 9.17) is 5.73 Å². The first-order valence-electron chi connectivity index (χ1n) is 4.95. The first kappa shape index (κ1) is 9.96. The Hall–Kier alpha value is -0.120. The zero-order valence-corrected chi connectivity index (χ0v) is 8.05. The van der Waals surface area contributed by atoms with E-state index in [0.717, 1.165) is 25.6 Å². The minimum Gasteiger partial charge on any atom is -0.330 e. The van der Waals surface area contributed by atoms with Crippen molar-refractivity contribution >= 4 is 0 Å². The fraction of sp³-hybridized carbons (Fsp3) is 1.00. The molecule has 3 heteroatoms. The van der Waals surface area contributed by atoms with E-state index in [9.17, 15) is 0 Å². The van der Waals surface area contributed by atoms with E-state index in [1.807, 2.05) is 0 Å². The second-order valence-electron chi connectivity index (χ2n) is 3.60. The molecule has 0 spiro atoms. The lowest BCUT2D eigenvalue weighted by Gasteiger charge is -2.31. The molecular weight excluding hydrogens is 150 g/mol. The maximum atomic E-state index is 5.47. The number of nitrogens with two attached hydrogens (primary N) is 1. The van der Waals surface area contributed by atoms with Crippen molar-refractivity contribution in [2.45, 2.75) is 25.3 Å². The maximum Gasteiger partial charge on any atom is 0.0116 e. The molecule has 0 atom stereocenters. The van der Waals surface area contributed by atoms with Gasteiger partial charge in [-0.05, 0) is 52.5 Å².